The van der Waals surface area contributed by atoms with E-state index >= 15 is 0 Å². The smallest absolute Gasteiger partial charge is 0.370 e. The molecule has 0 atom stereocenters. The monoisotopic (exact) mass is 490 g/mol. The first-order valence-corrected chi connectivity index (χ1v) is 12.2. The van der Waals surface area contributed by atoms with E-state index in [0.29, 0.717) is 0 Å². The standard InChI is InChI=1S/C29H30N6.C2H4/c1-6-8-15-35(27-12-9-24(10-13-27)20-29(32-4)33-5)17-16-34(7-2)28-14-11-26(23(3)18-28)19-25(21-30)22-31;1-2/h9-14,18-20H,6-8,15-17H2,1-3H3;1-2H2. The zero-order valence-electron chi connectivity index (χ0n) is 22.0. The van der Waals surface area contributed by atoms with E-state index < -0.39 is 0 Å². The zero-order valence-corrected chi connectivity index (χ0v) is 22.0. The Hall–Kier alpha value is -4.78. The summed E-state index contributed by atoms with van der Waals surface area (Å²) < 4.78 is 0. The highest BCUT2D eigenvalue weighted by atomic mass is 15.2. The molecule has 0 aliphatic heterocycles. The highest BCUT2D eigenvalue weighted by molar-refractivity contribution is 5.67. The Kier molecular flexibility index (Phi) is 13.7. The normalized spacial score (nSPS) is 9.16. The summed E-state index contributed by atoms with van der Waals surface area (Å²) >= 11 is 0. The molecule has 0 aliphatic carbocycles. The van der Waals surface area contributed by atoms with Gasteiger partial charge in [0.1, 0.15) is 30.9 Å². The molecule has 0 bridgehead atoms. The van der Waals surface area contributed by atoms with Gasteiger partial charge in [0.05, 0.1) is 0 Å². The minimum Gasteiger partial charge on any atom is -0.370 e. The number of likely N-dealkylation sites (N-methyl/N-ethyl adjacent to an activating group) is 1. The van der Waals surface area contributed by atoms with Crippen LogP contribution in [0.2, 0.25) is 0 Å². The van der Waals surface area contributed by atoms with E-state index in [2.05, 4.69) is 64.7 Å². The molecule has 0 amide bonds. The van der Waals surface area contributed by atoms with Gasteiger partial charge in [0.15, 0.2) is 0 Å². The van der Waals surface area contributed by atoms with Gasteiger partial charge in [-0.2, -0.15) is 20.2 Å². The van der Waals surface area contributed by atoms with Crippen molar-refractivity contribution in [2.75, 3.05) is 36.0 Å². The number of hydrogen-bond acceptors (Lipinski definition) is 4. The Morgan fingerprint density at radius 1 is 0.892 bits per heavy atom. The van der Waals surface area contributed by atoms with Gasteiger partial charge in [-0.25, -0.2) is 0 Å². The van der Waals surface area contributed by atoms with E-state index in [-0.39, 0.29) is 11.4 Å². The number of unbranched alkanes of at least 4 members (excludes halogenated alkanes) is 1. The number of allylic oxidation sites excluding steroid dienone is 1. The van der Waals surface area contributed by atoms with Gasteiger partial charge in [-0.1, -0.05) is 31.5 Å². The van der Waals surface area contributed by atoms with Gasteiger partial charge in [-0.15, -0.1) is 13.2 Å². The van der Waals surface area contributed by atoms with Crippen LogP contribution in [0.3, 0.4) is 0 Å². The summed E-state index contributed by atoms with van der Waals surface area (Å²) in [6.07, 6.45) is 5.43. The third-order valence-electron chi connectivity index (χ3n) is 5.75. The molecule has 0 aromatic heterocycles. The summed E-state index contributed by atoms with van der Waals surface area (Å²) in [5.41, 5.74) is 5.08. The zero-order chi connectivity index (χ0) is 27.6. The van der Waals surface area contributed by atoms with Crippen molar-refractivity contribution in [2.45, 2.75) is 33.6 Å². The molecule has 37 heavy (non-hydrogen) atoms. The Balaban J connectivity index is 0.00000334. The largest absolute Gasteiger partial charge is 0.519 e. The number of nitriles is 2. The van der Waals surface area contributed by atoms with Crippen LogP contribution >= 0.6 is 0 Å². The molecule has 2 aromatic carbocycles. The van der Waals surface area contributed by atoms with Crippen molar-refractivity contribution in [1.29, 1.82) is 10.5 Å². The Morgan fingerprint density at radius 3 is 2.00 bits per heavy atom. The molecule has 6 nitrogen and oxygen atoms in total. The summed E-state index contributed by atoms with van der Waals surface area (Å²) in [4.78, 5) is 11.2. The van der Waals surface area contributed by atoms with Gasteiger partial charge in [-0.05, 0) is 67.3 Å². The lowest BCUT2D eigenvalue weighted by Crippen LogP contribution is -2.36. The first-order valence-electron chi connectivity index (χ1n) is 12.2. The molecule has 0 unspecified atom stereocenters. The molecule has 2 aromatic rings. The van der Waals surface area contributed by atoms with Crippen molar-refractivity contribution in [3.63, 3.8) is 0 Å². The maximum Gasteiger partial charge on any atom is 0.519 e. The summed E-state index contributed by atoms with van der Waals surface area (Å²) in [7, 11) is 0. The van der Waals surface area contributed by atoms with Crippen LogP contribution in [0, 0.1) is 42.7 Å². The predicted octanol–water partition coefficient (Wildman–Crippen LogP) is 7.50. The average Bonchev–Trinajstić information content (AvgIpc) is 2.94. The van der Waals surface area contributed by atoms with Crippen molar-refractivity contribution in [3.8, 4) is 12.1 Å². The van der Waals surface area contributed by atoms with E-state index in [0.717, 1.165) is 67.1 Å². The van der Waals surface area contributed by atoms with Crippen LogP contribution in [-0.2, 0) is 0 Å². The molecule has 0 spiro atoms. The fraction of sp³-hybridized carbons (Fsp3) is 0.290. The molecule has 6 heteroatoms. The molecule has 0 fully saturated rings. The number of hydrogen-bond donors (Lipinski definition) is 0. The van der Waals surface area contributed by atoms with Crippen LogP contribution in [-0.4, -0.2) is 26.2 Å². The third kappa shape index (κ3) is 9.41. The van der Waals surface area contributed by atoms with E-state index in [1.54, 1.807) is 12.2 Å². The molecule has 188 valence electrons. The molecule has 0 radical (unpaired) electrons. The predicted molar refractivity (Wildman–Crippen MR) is 154 cm³/mol. The number of benzene rings is 2. The minimum atomic E-state index is 0.0625. The maximum atomic E-state index is 9.03. The van der Waals surface area contributed by atoms with Gasteiger partial charge in [0.25, 0.3) is 0 Å². The van der Waals surface area contributed by atoms with Crippen LogP contribution in [0.15, 0.2) is 67.0 Å². The molecule has 0 heterocycles. The number of rotatable bonds is 11. The molecule has 0 N–H and O–H groups in total. The highest BCUT2D eigenvalue weighted by Crippen LogP contribution is 2.23. The van der Waals surface area contributed by atoms with Crippen LogP contribution < -0.4 is 9.80 Å². The second-order valence-corrected chi connectivity index (χ2v) is 8.06. The fourth-order valence-corrected chi connectivity index (χ4v) is 3.71. The Morgan fingerprint density at radius 2 is 1.49 bits per heavy atom. The van der Waals surface area contributed by atoms with Gasteiger partial charge in [-0.3, -0.25) is 0 Å². The molecule has 2 rings (SSSR count). The average molecular weight is 491 g/mol. The number of anilines is 2. The maximum absolute atomic E-state index is 9.03. The van der Waals surface area contributed by atoms with Crippen LogP contribution in [0.5, 0.6) is 0 Å². The van der Waals surface area contributed by atoms with Gasteiger partial charge < -0.3 is 9.80 Å². The Labute approximate surface area is 222 Å². The lowest BCUT2D eigenvalue weighted by Gasteiger charge is -2.30. The summed E-state index contributed by atoms with van der Waals surface area (Å²) in [5, 5.41) is 18.1. The van der Waals surface area contributed by atoms with Gasteiger partial charge in [0, 0.05) is 43.6 Å². The van der Waals surface area contributed by atoms with Crippen molar-refractivity contribution in [3.05, 3.63) is 107 Å². The molecule has 0 aliphatic rings. The van der Waals surface area contributed by atoms with Gasteiger partial charge in [0.2, 0.25) is 0 Å². The van der Waals surface area contributed by atoms with Crippen molar-refractivity contribution >= 4 is 23.5 Å². The molecule has 0 saturated heterocycles. The lowest BCUT2D eigenvalue weighted by molar-refractivity contribution is 0.694. The van der Waals surface area contributed by atoms with E-state index in [4.69, 9.17) is 23.7 Å². The lowest BCUT2D eigenvalue weighted by atomic mass is 10.0. The fourth-order valence-electron chi connectivity index (χ4n) is 3.71. The second-order valence-electron chi connectivity index (χ2n) is 8.06. The summed E-state index contributed by atoms with van der Waals surface area (Å²) in [6, 6.07) is 17.9. The van der Waals surface area contributed by atoms with Crippen LogP contribution in [0.4, 0.5) is 11.4 Å². The van der Waals surface area contributed by atoms with E-state index in [1.807, 2.05) is 43.3 Å². The molecular weight excluding hydrogens is 456 g/mol. The third-order valence-corrected chi connectivity index (χ3v) is 5.75. The number of nitrogens with zero attached hydrogens (tertiary/aromatic N) is 6. The van der Waals surface area contributed by atoms with E-state index in [9.17, 15) is 0 Å². The van der Waals surface area contributed by atoms with Crippen LogP contribution in [0.1, 0.15) is 43.4 Å². The van der Waals surface area contributed by atoms with E-state index in [1.165, 1.54) is 0 Å². The summed E-state index contributed by atoms with van der Waals surface area (Å²) in [5.74, 6) is 0.0625. The number of aryl methyl sites for hydroxylation is 1. The Bertz CT molecular complexity index is 1210. The molecular formula is C31H34N6. The first kappa shape index (κ1) is 30.3. The van der Waals surface area contributed by atoms with Crippen LogP contribution in [0.25, 0.3) is 21.8 Å². The first-order chi connectivity index (χ1) is 18.0. The van der Waals surface area contributed by atoms with Crippen molar-refractivity contribution in [2.24, 2.45) is 0 Å². The highest BCUT2D eigenvalue weighted by Gasteiger charge is 2.12. The quantitative estimate of drug-likeness (QED) is 0.186. The second kappa shape index (κ2) is 16.8. The molecule has 0 saturated carbocycles. The van der Waals surface area contributed by atoms with Gasteiger partial charge >= 0.3 is 5.82 Å². The summed E-state index contributed by atoms with van der Waals surface area (Å²) in [6.45, 7) is 29.9. The minimum absolute atomic E-state index is 0.0625. The van der Waals surface area contributed by atoms with Crippen molar-refractivity contribution in [1.82, 2.24) is 0 Å². The SMILES string of the molecule is C=C.[C-]#[N+]C(=Cc1ccc(N(CCCC)CCN(CC)c2ccc(C=C(C#N)C#N)c(C)c2)cc1)[N+]#[C-]. The van der Waals surface area contributed by atoms with Crippen molar-refractivity contribution < 1.29 is 0 Å². The topological polar surface area (TPSA) is 62.8 Å².